The number of hydrogen-bond acceptors (Lipinski definition) is 9. The molecule has 0 saturated heterocycles. The second-order valence-electron chi connectivity index (χ2n) is 13.3. The van der Waals surface area contributed by atoms with Crippen LogP contribution in [0.5, 0.6) is 11.5 Å². The van der Waals surface area contributed by atoms with E-state index < -0.39 is 62.4 Å². The zero-order chi connectivity index (χ0) is 39.7. The number of ether oxygens (including phenoxy) is 3. The van der Waals surface area contributed by atoms with Gasteiger partial charge in [0.15, 0.2) is 12.4 Å². The number of ketones is 1. The van der Waals surface area contributed by atoms with Crippen LogP contribution in [0.1, 0.15) is 97.1 Å². The zero-order valence-electron chi connectivity index (χ0n) is 30.8. The summed E-state index contributed by atoms with van der Waals surface area (Å²) in [5, 5.41) is -4.92. The summed E-state index contributed by atoms with van der Waals surface area (Å²) in [7, 11) is -6.01. The third-order valence-electron chi connectivity index (χ3n) is 8.64. The Hall–Kier alpha value is -5.27. The Labute approximate surface area is 306 Å². The molecule has 0 heterocycles. The second kappa shape index (κ2) is 15.4. The molecule has 0 aliphatic heterocycles. The zero-order valence-corrected chi connectivity index (χ0v) is 31.6. The van der Waals surface area contributed by atoms with Crippen LogP contribution in [0.4, 0.5) is 8.78 Å². The summed E-state index contributed by atoms with van der Waals surface area (Å²) in [6, 6.07) is 12.5. The fourth-order valence-electron chi connectivity index (χ4n) is 6.33. The minimum atomic E-state index is -6.01. The number of carbonyl (C=O) groups excluding carboxylic acids is 4. The molecule has 0 aliphatic rings. The predicted molar refractivity (Wildman–Crippen MR) is 193 cm³/mol. The molecule has 0 unspecified atom stereocenters. The van der Waals surface area contributed by atoms with E-state index in [2.05, 4.69) is 4.74 Å². The van der Waals surface area contributed by atoms with Gasteiger partial charge in [0.25, 0.3) is 0 Å². The number of hydrogen-bond donors (Lipinski definition) is 1. The molecule has 4 rings (SSSR count). The molecular formula is C40H40F2O10S. The number of benzene rings is 4. The second-order valence-corrected chi connectivity index (χ2v) is 14.9. The molecule has 53 heavy (non-hydrogen) atoms. The standard InChI is InChI=1S/C40H40F2O10S/c1-20-10-23(4)29(24(5)11-20)18-34(43)30-16-33(39(46)52-36-27(8)14-22(3)15-28(36)9)32(37(44)50-19-40(41,42)53(47,48)49)17-31(30)38(45)51-35-25(6)12-21(2)13-26(35)7/h10-17H,18-19H2,1-9H3,(H,47,48,49). The highest BCUT2D eigenvalue weighted by Gasteiger charge is 2.46. The van der Waals surface area contributed by atoms with Gasteiger partial charge < -0.3 is 14.2 Å². The largest absolute Gasteiger partial charge is 0.454 e. The molecule has 4 aromatic rings. The van der Waals surface area contributed by atoms with Crippen molar-refractivity contribution in [2.24, 2.45) is 0 Å². The maximum atomic E-state index is 14.2. The van der Waals surface area contributed by atoms with Gasteiger partial charge in [0.05, 0.1) is 16.7 Å². The topological polar surface area (TPSA) is 150 Å². The van der Waals surface area contributed by atoms with E-state index in [9.17, 15) is 36.4 Å². The molecule has 0 atom stereocenters. The predicted octanol–water partition coefficient (Wildman–Crippen LogP) is 7.96. The fourth-order valence-corrected chi connectivity index (χ4v) is 6.54. The van der Waals surface area contributed by atoms with Gasteiger partial charge >= 0.3 is 33.3 Å². The maximum absolute atomic E-state index is 14.2. The molecule has 0 spiro atoms. The van der Waals surface area contributed by atoms with Crippen LogP contribution in [0.15, 0.2) is 48.5 Å². The molecule has 0 bridgehead atoms. The lowest BCUT2D eigenvalue weighted by Crippen LogP contribution is -2.35. The maximum Gasteiger partial charge on any atom is 0.402 e. The molecule has 0 fully saturated rings. The number of carbonyl (C=O) groups is 4. The molecule has 13 heteroatoms. The van der Waals surface area contributed by atoms with Crippen LogP contribution in [0.25, 0.3) is 0 Å². The fraction of sp³-hybridized carbons (Fsp3) is 0.300. The van der Waals surface area contributed by atoms with Crippen LogP contribution in [0.2, 0.25) is 0 Å². The third kappa shape index (κ3) is 9.03. The average Bonchev–Trinajstić information content (AvgIpc) is 3.03. The van der Waals surface area contributed by atoms with Crippen molar-refractivity contribution in [3.8, 4) is 11.5 Å². The lowest BCUT2D eigenvalue weighted by atomic mass is 9.90. The molecule has 0 radical (unpaired) electrons. The SMILES string of the molecule is Cc1cc(C)c(CC(=O)c2cc(C(=O)Oc3c(C)cc(C)cc3C)c(C(=O)OCC(F)(F)S(=O)(=O)O)cc2C(=O)Oc2c(C)cc(C)cc2C)c(C)c1. The first-order valence-electron chi connectivity index (χ1n) is 16.4. The number of alkyl halides is 2. The Bertz CT molecular complexity index is 2220. The van der Waals surface area contributed by atoms with Crippen LogP contribution in [-0.4, -0.2) is 48.5 Å². The van der Waals surface area contributed by atoms with Gasteiger partial charge in [-0.15, -0.1) is 0 Å². The van der Waals surface area contributed by atoms with Crippen molar-refractivity contribution >= 4 is 33.8 Å². The van der Waals surface area contributed by atoms with Crippen molar-refractivity contribution in [2.75, 3.05) is 6.61 Å². The van der Waals surface area contributed by atoms with Gasteiger partial charge in [-0.25, -0.2) is 14.4 Å². The van der Waals surface area contributed by atoms with Gasteiger partial charge in [0.1, 0.15) is 11.5 Å². The van der Waals surface area contributed by atoms with E-state index in [4.69, 9.17) is 14.0 Å². The van der Waals surface area contributed by atoms with Crippen LogP contribution >= 0.6 is 0 Å². The highest BCUT2D eigenvalue weighted by atomic mass is 32.2. The van der Waals surface area contributed by atoms with E-state index in [1.165, 1.54) is 0 Å². The van der Waals surface area contributed by atoms with E-state index >= 15 is 0 Å². The highest BCUT2D eigenvalue weighted by Crippen LogP contribution is 2.31. The Morgan fingerprint density at radius 2 is 0.906 bits per heavy atom. The van der Waals surface area contributed by atoms with E-state index in [0.717, 1.165) is 39.9 Å². The molecule has 0 saturated carbocycles. The first-order chi connectivity index (χ1) is 24.5. The summed E-state index contributed by atoms with van der Waals surface area (Å²) < 4.78 is 75.8. The minimum absolute atomic E-state index is 0.116. The Balaban J connectivity index is 1.95. The normalized spacial score (nSPS) is 11.6. The summed E-state index contributed by atoms with van der Waals surface area (Å²) in [4.78, 5) is 55.6. The lowest BCUT2D eigenvalue weighted by molar-refractivity contribution is -0.00962. The Morgan fingerprint density at radius 1 is 0.566 bits per heavy atom. The minimum Gasteiger partial charge on any atom is -0.454 e. The smallest absolute Gasteiger partial charge is 0.402 e. The van der Waals surface area contributed by atoms with Crippen molar-refractivity contribution in [3.63, 3.8) is 0 Å². The van der Waals surface area contributed by atoms with Crippen LogP contribution in [0.3, 0.4) is 0 Å². The van der Waals surface area contributed by atoms with E-state index in [-0.39, 0.29) is 23.5 Å². The summed E-state index contributed by atoms with van der Waals surface area (Å²) >= 11 is 0. The molecule has 10 nitrogen and oxygen atoms in total. The van der Waals surface area contributed by atoms with Crippen LogP contribution in [0, 0.1) is 62.3 Å². The molecule has 1 N–H and O–H groups in total. The highest BCUT2D eigenvalue weighted by molar-refractivity contribution is 7.86. The number of aryl methyl sites for hydroxylation is 9. The summed E-state index contributed by atoms with van der Waals surface area (Å²) in [6.07, 6.45) is -0.240. The number of halogens is 2. The van der Waals surface area contributed by atoms with E-state index in [1.54, 1.807) is 52.0 Å². The molecule has 0 aromatic heterocycles. The lowest BCUT2D eigenvalue weighted by Gasteiger charge is -2.18. The summed E-state index contributed by atoms with van der Waals surface area (Å²) in [5.74, 6) is -4.39. The van der Waals surface area contributed by atoms with Gasteiger partial charge in [-0.1, -0.05) is 53.1 Å². The van der Waals surface area contributed by atoms with E-state index in [1.807, 2.05) is 46.8 Å². The Morgan fingerprint density at radius 3 is 1.30 bits per heavy atom. The third-order valence-corrected chi connectivity index (χ3v) is 9.52. The molecular weight excluding hydrogens is 710 g/mol. The first kappa shape index (κ1) is 40.5. The molecule has 280 valence electrons. The quantitative estimate of drug-likeness (QED) is 0.0692. The van der Waals surface area contributed by atoms with Crippen molar-refractivity contribution in [2.45, 2.75) is 74.0 Å². The van der Waals surface area contributed by atoms with Gasteiger partial charge in [-0.05, 0) is 113 Å². The summed E-state index contributed by atoms with van der Waals surface area (Å²) in [5.41, 5.74) is 4.84. The molecule has 0 amide bonds. The molecule has 4 aromatic carbocycles. The van der Waals surface area contributed by atoms with Crippen LogP contribution in [-0.2, 0) is 21.3 Å². The van der Waals surface area contributed by atoms with Gasteiger partial charge in [-0.2, -0.15) is 17.2 Å². The van der Waals surface area contributed by atoms with Crippen molar-refractivity contribution in [1.29, 1.82) is 0 Å². The van der Waals surface area contributed by atoms with Crippen molar-refractivity contribution in [1.82, 2.24) is 0 Å². The Kier molecular flexibility index (Phi) is 11.7. The van der Waals surface area contributed by atoms with E-state index in [0.29, 0.717) is 27.8 Å². The monoisotopic (exact) mass is 750 g/mol. The van der Waals surface area contributed by atoms with Crippen molar-refractivity contribution in [3.05, 3.63) is 126 Å². The summed E-state index contributed by atoms with van der Waals surface area (Å²) in [6.45, 7) is 13.8. The van der Waals surface area contributed by atoms with Gasteiger partial charge in [-0.3, -0.25) is 9.35 Å². The number of Topliss-reactive ketones (excluding diaryl/α,β-unsaturated/α-hetero) is 1. The van der Waals surface area contributed by atoms with Crippen LogP contribution < -0.4 is 9.47 Å². The number of esters is 3. The van der Waals surface area contributed by atoms with Gasteiger partial charge in [0, 0.05) is 12.0 Å². The van der Waals surface area contributed by atoms with Crippen molar-refractivity contribution < 1.29 is 55.1 Å². The molecule has 0 aliphatic carbocycles. The first-order valence-corrected chi connectivity index (χ1v) is 17.8. The number of rotatable bonds is 11. The average molecular weight is 751 g/mol. The van der Waals surface area contributed by atoms with Gasteiger partial charge in [0.2, 0.25) is 0 Å².